The number of primary amides is 1. The Morgan fingerprint density at radius 3 is 2.54 bits per heavy atom. The molecule has 2 atom stereocenters. The van der Waals surface area contributed by atoms with E-state index in [-0.39, 0.29) is 34.5 Å². The number of ketones is 1. The Bertz CT molecular complexity index is 1120. The van der Waals surface area contributed by atoms with Gasteiger partial charge >= 0.3 is 0 Å². The fraction of sp³-hybridized carbons (Fsp3) is 0.571. The lowest BCUT2D eigenvalue weighted by Crippen LogP contribution is -2.36. The smallest absolute Gasteiger partial charge is 0.269 e. The maximum Gasteiger partial charge on any atom is 0.269 e. The molecule has 37 heavy (non-hydrogen) atoms. The van der Waals surface area contributed by atoms with Gasteiger partial charge in [-0.15, -0.1) is 0 Å². The van der Waals surface area contributed by atoms with E-state index < -0.39 is 11.9 Å². The van der Waals surface area contributed by atoms with Gasteiger partial charge in [-0.2, -0.15) is 0 Å². The van der Waals surface area contributed by atoms with Crippen molar-refractivity contribution in [2.75, 3.05) is 20.1 Å². The highest BCUT2D eigenvalue weighted by Gasteiger charge is 2.58. The van der Waals surface area contributed by atoms with E-state index in [4.69, 9.17) is 5.73 Å². The summed E-state index contributed by atoms with van der Waals surface area (Å²) in [5.41, 5.74) is 6.94. The third kappa shape index (κ3) is 6.44. The molecule has 2 amide bonds. The number of carbonyl (C=O) groups excluding carboxylic acids is 3. The third-order valence-electron chi connectivity index (χ3n) is 8.08. The number of nitrogens with zero attached hydrogens (tertiary/aromatic N) is 2. The van der Waals surface area contributed by atoms with E-state index in [0.29, 0.717) is 36.3 Å². The molecule has 2 heterocycles. The SMILES string of the molecule is CCC(=O)CCCCC[C@H](NC(=O)[C@H]1CC12CCN(C)CC2)c1[nH]c(-c2ccc(F)cc2)nc1C(N)=O. The molecule has 1 aliphatic carbocycles. The van der Waals surface area contributed by atoms with Gasteiger partial charge in [0.2, 0.25) is 5.91 Å². The van der Waals surface area contributed by atoms with Crippen LogP contribution in [0.4, 0.5) is 4.39 Å². The zero-order valence-electron chi connectivity index (χ0n) is 21.8. The summed E-state index contributed by atoms with van der Waals surface area (Å²) < 4.78 is 13.4. The Hall–Kier alpha value is -3.07. The van der Waals surface area contributed by atoms with Gasteiger partial charge < -0.3 is 20.9 Å². The number of aromatic amines is 1. The minimum absolute atomic E-state index is 0.00377. The first kappa shape index (κ1) is 27.0. The largest absolute Gasteiger partial charge is 0.364 e. The first-order valence-electron chi connectivity index (χ1n) is 13.4. The van der Waals surface area contributed by atoms with E-state index >= 15 is 0 Å². The van der Waals surface area contributed by atoms with Crippen molar-refractivity contribution in [3.05, 3.63) is 41.5 Å². The maximum absolute atomic E-state index is 13.4. The number of rotatable bonds is 12. The van der Waals surface area contributed by atoms with Gasteiger partial charge in [0, 0.05) is 24.3 Å². The molecule has 1 saturated heterocycles. The molecule has 1 aromatic carbocycles. The molecule has 4 rings (SSSR count). The van der Waals surface area contributed by atoms with Crippen LogP contribution in [-0.2, 0) is 9.59 Å². The lowest BCUT2D eigenvalue weighted by molar-refractivity contribution is -0.124. The van der Waals surface area contributed by atoms with Gasteiger partial charge in [0.25, 0.3) is 5.91 Å². The monoisotopic (exact) mass is 511 g/mol. The number of hydrogen-bond donors (Lipinski definition) is 3. The zero-order valence-corrected chi connectivity index (χ0v) is 21.8. The van der Waals surface area contributed by atoms with Crippen molar-refractivity contribution in [2.24, 2.45) is 17.1 Å². The molecule has 200 valence electrons. The second-order valence-corrected chi connectivity index (χ2v) is 10.7. The molecule has 0 radical (unpaired) electrons. The second kappa shape index (κ2) is 11.5. The van der Waals surface area contributed by atoms with E-state index in [1.807, 2.05) is 6.92 Å². The number of halogens is 1. The Labute approximate surface area is 217 Å². The van der Waals surface area contributed by atoms with Gasteiger partial charge in [-0.1, -0.05) is 19.8 Å². The standard InChI is InChI=1S/C28H38FN5O3/c1-3-20(35)7-5-4-6-8-22(31-27(37)21-17-28(21)13-15-34(2)16-14-28)23-24(25(30)36)33-26(32-23)18-9-11-19(29)12-10-18/h9-12,21-22H,3-8,13-17H2,1-2H3,(H2,30,36)(H,31,37)(H,32,33)/t21-,22+/m1/s1. The molecule has 9 heteroatoms. The van der Waals surface area contributed by atoms with Crippen molar-refractivity contribution in [1.29, 1.82) is 0 Å². The Balaban J connectivity index is 1.52. The molecule has 2 fully saturated rings. The second-order valence-electron chi connectivity index (χ2n) is 10.7. The van der Waals surface area contributed by atoms with Crippen LogP contribution < -0.4 is 11.1 Å². The number of H-pyrrole nitrogens is 1. The summed E-state index contributed by atoms with van der Waals surface area (Å²) >= 11 is 0. The highest BCUT2D eigenvalue weighted by atomic mass is 19.1. The summed E-state index contributed by atoms with van der Waals surface area (Å²) in [6, 6.07) is 5.34. The van der Waals surface area contributed by atoms with Crippen LogP contribution in [0.25, 0.3) is 11.4 Å². The molecule has 0 unspecified atom stereocenters. The Morgan fingerprint density at radius 1 is 1.19 bits per heavy atom. The topological polar surface area (TPSA) is 121 Å². The minimum Gasteiger partial charge on any atom is -0.364 e. The van der Waals surface area contributed by atoms with Gasteiger partial charge in [-0.25, -0.2) is 9.37 Å². The number of aromatic nitrogens is 2. The van der Waals surface area contributed by atoms with Crippen LogP contribution in [0.2, 0.25) is 0 Å². The van der Waals surface area contributed by atoms with Crippen LogP contribution in [0.1, 0.15) is 86.9 Å². The van der Waals surface area contributed by atoms with Crippen molar-refractivity contribution in [3.63, 3.8) is 0 Å². The van der Waals surface area contributed by atoms with E-state index in [1.54, 1.807) is 12.1 Å². The molecule has 1 aromatic heterocycles. The minimum atomic E-state index is -0.689. The Morgan fingerprint density at radius 2 is 1.89 bits per heavy atom. The summed E-state index contributed by atoms with van der Waals surface area (Å²) in [4.78, 5) is 47.3. The number of Topliss-reactive ketones (excluding diaryl/α,β-unsaturated/α-hetero) is 1. The molecule has 2 aromatic rings. The highest BCUT2D eigenvalue weighted by molar-refractivity contribution is 5.93. The average Bonchev–Trinajstić information content (AvgIpc) is 3.40. The van der Waals surface area contributed by atoms with E-state index in [1.165, 1.54) is 12.1 Å². The number of carbonyl (C=O) groups is 3. The molecule has 2 aliphatic rings. The number of amides is 2. The van der Waals surface area contributed by atoms with Crippen molar-refractivity contribution >= 4 is 17.6 Å². The number of likely N-dealkylation sites (tertiary alicyclic amines) is 1. The molecule has 0 bridgehead atoms. The summed E-state index contributed by atoms with van der Waals surface area (Å²) in [5, 5.41) is 3.20. The van der Waals surface area contributed by atoms with Crippen LogP contribution in [0.15, 0.2) is 24.3 Å². The summed E-state index contributed by atoms with van der Waals surface area (Å²) in [5.74, 6) is -0.438. The van der Waals surface area contributed by atoms with Crippen molar-refractivity contribution in [2.45, 2.75) is 70.8 Å². The van der Waals surface area contributed by atoms with Crippen LogP contribution in [0, 0.1) is 17.2 Å². The number of benzene rings is 1. The lowest BCUT2D eigenvalue weighted by atomic mass is 9.90. The number of nitrogens with one attached hydrogen (secondary N) is 2. The summed E-state index contributed by atoms with van der Waals surface area (Å²) in [6.07, 6.45) is 7.00. The van der Waals surface area contributed by atoms with Gasteiger partial charge in [0.1, 0.15) is 17.4 Å². The van der Waals surface area contributed by atoms with Gasteiger partial charge in [0.15, 0.2) is 5.69 Å². The normalized spacial score (nSPS) is 19.5. The maximum atomic E-state index is 13.4. The van der Waals surface area contributed by atoms with E-state index in [0.717, 1.165) is 51.6 Å². The number of piperidine rings is 1. The number of imidazole rings is 1. The predicted octanol–water partition coefficient (Wildman–Crippen LogP) is 4.13. The fourth-order valence-electron chi connectivity index (χ4n) is 5.49. The quantitative estimate of drug-likeness (QED) is 0.370. The number of nitrogens with two attached hydrogens (primary N) is 1. The number of hydrogen-bond acceptors (Lipinski definition) is 5. The molecular weight excluding hydrogens is 473 g/mol. The van der Waals surface area contributed by atoms with Crippen LogP contribution in [0.5, 0.6) is 0 Å². The molecule has 1 saturated carbocycles. The first-order chi connectivity index (χ1) is 17.7. The first-order valence-corrected chi connectivity index (χ1v) is 13.4. The lowest BCUT2D eigenvalue weighted by Gasteiger charge is -2.30. The van der Waals surface area contributed by atoms with Crippen molar-refractivity contribution in [1.82, 2.24) is 20.2 Å². The number of unbranched alkanes of at least 4 members (excludes halogenated alkanes) is 2. The van der Waals surface area contributed by atoms with Gasteiger partial charge in [0.05, 0.1) is 11.7 Å². The van der Waals surface area contributed by atoms with Crippen molar-refractivity contribution in [3.8, 4) is 11.4 Å². The fourth-order valence-corrected chi connectivity index (χ4v) is 5.49. The molecule has 1 spiro atoms. The third-order valence-corrected chi connectivity index (χ3v) is 8.08. The van der Waals surface area contributed by atoms with Crippen LogP contribution in [-0.4, -0.2) is 52.6 Å². The Kier molecular flexibility index (Phi) is 8.42. The molecule has 4 N–H and O–H groups in total. The van der Waals surface area contributed by atoms with Gasteiger partial charge in [-0.3, -0.25) is 14.4 Å². The predicted molar refractivity (Wildman–Crippen MR) is 139 cm³/mol. The summed E-state index contributed by atoms with van der Waals surface area (Å²) in [7, 11) is 2.11. The van der Waals surface area contributed by atoms with E-state index in [9.17, 15) is 18.8 Å². The van der Waals surface area contributed by atoms with Crippen molar-refractivity contribution < 1.29 is 18.8 Å². The van der Waals surface area contributed by atoms with Gasteiger partial charge in [-0.05, 0) is 81.9 Å². The van der Waals surface area contributed by atoms with Crippen LogP contribution in [0.3, 0.4) is 0 Å². The van der Waals surface area contributed by atoms with E-state index in [2.05, 4.69) is 27.2 Å². The molecule has 1 aliphatic heterocycles. The molecular formula is C28H38FN5O3. The van der Waals surface area contributed by atoms with Crippen LogP contribution >= 0.6 is 0 Å². The zero-order chi connectivity index (χ0) is 26.6. The molecule has 8 nitrogen and oxygen atoms in total. The highest BCUT2D eigenvalue weighted by Crippen LogP contribution is 2.59. The average molecular weight is 512 g/mol. The summed E-state index contributed by atoms with van der Waals surface area (Å²) in [6.45, 7) is 3.86.